The average Bonchev–Trinajstić information content (AvgIpc) is 4.15. The fourth-order valence-corrected chi connectivity index (χ4v) is 11.2. The molecule has 0 spiro atoms. The van der Waals surface area contributed by atoms with E-state index in [1.807, 2.05) is 158 Å². The van der Waals surface area contributed by atoms with Gasteiger partial charge in [-0.05, 0) is 78.5 Å². The smallest absolute Gasteiger partial charge is 0.328 e. The van der Waals surface area contributed by atoms with E-state index >= 15 is 0 Å². The number of hydrogen-bond acceptors (Lipinski definition) is 11. The van der Waals surface area contributed by atoms with Crippen LogP contribution in [0, 0.1) is 0 Å². The molecule has 8 rings (SSSR count). The third-order valence-electron chi connectivity index (χ3n) is 13.6. The van der Waals surface area contributed by atoms with Crippen LogP contribution in [0.15, 0.2) is 182 Å². The maximum Gasteiger partial charge on any atom is 0.328 e. The molecule has 0 bridgehead atoms. The van der Waals surface area contributed by atoms with Gasteiger partial charge in [-0.25, -0.2) is 26.4 Å². The highest BCUT2D eigenvalue weighted by Gasteiger charge is 2.47. The van der Waals surface area contributed by atoms with E-state index in [9.17, 15) is 36.0 Å². The number of rotatable bonds is 19. The molecule has 2 saturated heterocycles. The molecule has 2 heterocycles. The minimum Gasteiger partial charge on any atom is -0.467 e. The molecule has 78 heavy (non-hydrogen) atoms. The van der Waals surface area contributed by atoms with Gasteiger partial charge in [-0.2, -0.15) is 4.31 Å². The van der Waals surface area contributed by atoms with Crippen molar-refractivity contribution in [3.05, 3.63) is 215 Å². The van der Waals surface area contributed by atoms with Gasteiger partial charge in [-0.3, -0.25) is 9.59 Å². The molecule has 17 heteroatoms. The van der Waals surface area contributed by atoms with Crippen LogP contribution < -0.4 is 5.32 Å². The summed E-state index contributed by atoms with van der Waals surface area (Å²) >= 11 is 0. The van der Waals surface area contributed by atoms with E-state index in [-0.39, 0.29) is 44.2 Å². The molecule has 6 aromatic carbocycles. The fourth-order valence-electron chi connectivity index (χ4n) is 10.0. The first-order valence-corrected chi connectivity index (χ1v) is 30.2. The number of nitrogens with one attached hydrogen (secondary N) is 1. The molecule has 2 amide bonds. The summed E-state index contributed by atoms with van der Waals surface area (Å²) in [6.07, 6.45) is 6.20. The normalized spacial score (nSPS) is 17.0. The maximum atomic E-state index is 14.1. The molecule has 0 saturated carbocycles. The predicted octanol–water partition coefficient (Wildman–Crippen LogP) is 8.86. The van der Waals surface area contributed by atoms with Crippen molar-refractivity contribution in [3.8, 4) is 0 Å². The van der Waals surface area contributed by atoms with Gasteiger partial charge >= 0.3 is 11.9 Å². The number of halogens is 1. The van der Waals surface area contributed by atoms with Gasteiger partial charge in [0, 0.05) is 42.4 Å². The zero-order valence-electron chi connectivity index (χ0n) is 44.0. The van der Waals surface area contributed by atoms with Crippen molar-refractivity contribution in [1.29, 1.82) is 0 Å². The Morgan fingerprint density at radius 1 is 0.551 bits per heavy atom. The van der Waals surface area contributed by atoms with Gasteiger partial charge < -0.3 is 24.6 Å². The molecule has 4 atom stereocenters. The van der Waals surface area contributed by atoms with Gasteiger partial charge in [-0.15, -0.1) is 0 Å². The molecular formula is C61H73ClN4O10S2. The van der Waals surface area contributed by atoms with E-state index in [1.54, 1.807) is 4.90 Å². The number of carbonyl (C=O) groups is 4. The summed E-state index contributed by atoms with van der Waals surface area (Å²) in [5.41, 5.74) is 5.89. The quantitative estimate of drug-likeness (QED) is 0.0466. The van der Waals surface area contributed by atoms with Crippen LogP contribution in [0.5, 0.6) is 0 Å². The Hall–Kier alpha value is -6.69. The molecule has 0 aliphatic carbocycles. The molecule has 1 N–H and O–H groups in total. The summed E-state index contributed by atoms with van der Waals surface area (Å²) in [7, 11) is 0.395. The minimum atomic E-state index is -3.59. The number of sulfonamides is 1. The number of nitrogens with zero attached hydrogens (tertiary/aromatic N) is 3. The van der Waals surface area contributed by atoms with Crippen LogP contribution in [0.4, 0.5) is 0 Å². The summed E-state index contributed by atoms with van der Waals surface area (Å²) in [6.45, 7) is 1.73. The van der Waals surface area contributed by atoms with E-state index in [4.69, 9.17) is 9.47 Å². The second-order valence-corrected chi connectivity index (χ2v) is 24.1. The van der Waals surface area contributed by atoms with Gasteiger partial charge in [0.05, 0.1) is 38.6 Å². The van der Waals surface area contributed by atoms with Gasteiger partial charge in [-0.1, -0.05) is 189 Å². The van der Waals surface area contributed by atoms with Crippen LogP contribution in [0.3, 0.4) is 0 Å². The number of amides is 2. The Morgan fingerprint density at radius 2 is 0.885 bits per heavy atom. The van der Waals surface area contributed by atoms with Crippen molar-refractivity contribution >= 4 is 53.5 Å². The maximum absolute atomic E-state index is 14.1. The number of ether oxygens (including phenoxy) is 2. The second kappa shape index (κ2) is 30.5. The Morgan fingerprint density at radius 3 is 1.24 bits per heavy atom. The van der Waals surface area contributed by atoms with Crippen molar-refractivity contribution in [3.63, 3.8) is 0 Å². The second-order valence-electron chi connectivity index (χ2n) is 19.1. The van der Waals surface area contributed by atoms with E-state index < -0.39 is 55.0 Å². The van der Waals surface area contributed by atoms with Crippen LogP contribution in [0.25, 0.3) is 0 Å². The summed E-state index contributed by atoms with van der Waals surface area (Å²) in [4.78, 5) is 56.8. The highest BCUT2D eigenvalue weighted by molar-refractivity contribution is 8.13. The van der Waals surface area contributed by atoms with E-state index in [2.05, 4.69) is 40.3 Å². The van der Waals surface area contributed by atoms with Gasteiger partial charge in [0.25, 0.3) is 0 Å². The van der Waals surface area contributed by atoms with Crippen LogP contribution in [-0.2, 0) is 60.6 Å². The van der Waals surface area contributed by atoms with Crippen molar-refractivity contribution < 1.29 is 45.5 Å². The lowest BCUT2D eigenvalue weighted by molar-refractivity contribution is -0.151. The zero-order chi connectivity index (χ0) is 55.4. The lowest BCUT2D eigenvalue weighted by Crippen LogP contribution is -2.45. The average molecular weight is 1120 g/mol. The number of hydrogen-bond donors (Lipinski definition) is 1. The molecule has 6 aromatic rings. The van der Waals surface area contributed by atoms with Gasteiger partial charge in [0.1, 0.15) is 12.1 Å². The first-order chi connectivity index (χ1) is 37.0. The van der Waals surface area contributed by atoms with Crippen molar-refractivity contribution in [2.45, 2.75) is 82.0 Å². The topological polar surface area (TPSA) is 177 Å². The Kier molecular flexibility index (Phi) is 24.3. The van der Waals surface area contributed by atoms with Crippen molar-refractivity contribution in [2.75, 3.05) is 52.9 Å². The summed E-state index contributed by atoms with van der Waals surface area (Å²) < 4.78 is 56.1. The number of carbonyl (C=O) groups excluding carboxylic acids is 4. The molecule has 14 nitrogen and oxygen atoms in total. The SMILES string of the molecule is C.COC(=O)[C@@H]1C[C@H](N(CCCc2ccccc2)S(C)(=O)=O)CN1C(=O)C(c1ccccc1)c1ccccc1.COC(=O)[C@@H]1C[C@H](NCCCc2ccccc2)CN1C(=O)C(c1ccccc1)c1ccccc1.CS(=O)(=O)Cl. The van der Waals surface area contributed by atoms with Crippen LogP contribution >= 0.6 is 10.7 Å². The third kappa shape index (κ3) is 18.5. The molecule has 0 radical (unpaired) electrons. The molecule has 0 aromatic heterocycles. The Balaban J connectivity index is 0.000000262. The summed E-state index contributed by atoms with van der Waals surface area (Å²) in [6, 6.07) is 56.8. The molecule has 416 valence electrons. The van der Waals surface area contributed by atoms with Crippen LogP contribution in [-0.4, -0.2) is 132 Å². The first kappa shape index (κ1) is 62.2. The largest absolute Gasteiger partial charge is 0.467 e. The van der Waals surface area contributed by atoms with E-state index in [1.165, 1.54) is 35.2 Å². The first-order valence-electron chi connectivity index (χ1n) is 25.6. The Bertz CT molecular complexity index is 2930. The molecule has 2 fully saturated rings. The molecular weight excluding hydrogens is 1050 g/mol. The highest BCUT2D eigenvalue weighted by atomic mass is 35.7. The van der Waals surface area contributed by atoms with E-state index in [0.29, 0.717) is 25.9 Å². The lowest BCUT2D eigenvalue weighted by atomic mass is 9.90. The molecule has 0 unspecified atom stereocenters. The van der Waals surface area contributed by atoms with Crippen LogP contribution in [0.2, 0.25) is 0 Å². The van der Waals surface area contributed by atoms with Crippen molar-refractivity contribution in [2.24, 2.45) is 0 Å². The highest BCUT2D eigenvalue weighted by Crippen LogP contribution is 2.34. The minimum absolute atomic E-state index is 0. The predicted molar refractivity (Wildman–Crippen MR) is 308 cm³/mol. The third-order valence-corrected chi connectivity index (χ3v) is 14.9. The fraction of sp³-hybridized carbons (Fsp3) is 0.344. The number of likely N-dealkylation sites (tertiary alicyclic amines) is 2. The van der Waals surface area contributed by atoms with E-state index in [0.717, 1.165) is 59.9 Å². The number of esters is 2. The Labute approximate surface area is 466 Å². The van der Waals surface area contributed by atoms with Crippen LogP contribution in [0.1, 0.15) is 78.3 Å². The lowest BCUT2D eigenvalue weighted by Gasteiger charge is -2.29. The number of methoxy groups -OCH3 is 2. The molecule has 2 aliphatic rings. The standard InChI is InChI=1S/C30H34N2O5S.C29H32N2O3.CH3ClO2S.CH4/c1-37-30(34)27-21-26(32(38(2,35)36)20-12-15-23-13-6-3-7-14-23)22-31(27)29(33)28(24-16-8-4-9-17-24)25-18-10-5-11-19-25;1-34-29(33)26-20-25(30-19-11-14-22-12-5-2-6-13-22)21-31(26)28(32)27(23-15-7-3-8-16-23)24-17-9-4-10-18-24;1-5(2,3)4;/h3-11,13-14,16-19,26-28H,12,15,20-22H2,1-2H3;2-10,12-13,15-18,25-27,30H,11,14,19-21H2,1H3;1H3;1H4/t26-,27-;25-,26-;;/m00../s1. The molecule has 2 aliphatic heterocycles. The summed E-state index contributed by atoms with van der Waals surface area (Å²) in [5, 5.41) is 3.56. The number of benzene rings is 6. The van der Waals surface area contributed by atoms with Gasteiger partial charge in [0.15, 0.2) is 0 Å². The zero-order valence-corrected chi connectivity index (χ0v) is 46.4. The monoisotopic (exact) mass is 1120 g/mol. The summed E-state index contributed by atoms with van der Waals surface area (Å²) in [5.74, 6) is -2.32. The van der Waals surface area contributed by atoms with Gasteiger partial charge in [0.2, 0.25) is 30.9 Å². The van der Waals surface area contributed by atoms with Crippen molar-refractivity contribution in [1.82, 2.24) is 19.4 Å². The number of aryl methyl sites for hydroxylation is 2.